The molecule has 0 unspecified atom stereocenters. The van der Waals surface area contributed by atoms with E-state index in [1.54, 1.807) is 12.1 Å². The van der Waals surface area contributed by atoms with Gasteiger partial charge in [-0.2, -0.15) is 0 Å². The van der Waals surface area contributed by atoms with Crippen molar-refractivity contribution >= 4 is 50.9 Å². The molecule has 0 aliphatic heterocycles. The Labute approximate surface area is 156 Å². The third-order valence-corrected chi connectivity index (χ3v) is 4.67. The van der Waals surface area contributed by atoms with Gasteiger partial charge in [-0.25, -0.2) is 4.98 Å². The zero-order chi connectivity index (χ0) is 16.9. The van der Waals surface area contributed by atoms with Gasteiger partial charge in [0.05, 0.1) is 5.75 Å². The second kappa shape index (κ2) is 7.83. The molecule has 3 aromatic rings. The number of amides is 1. The fourth-order valence-corrected chi connectivity index (χ4v) is 2.90. The first-order chi connectivity index (χ1) is 11.6. The molecule has 3 rings (SSSR count). The first kappa shape index (κ1) is 17.0. The Hall–Kier alpha value is -1.83. The number of H-pyrrole nitrogens is 1. The molecular formula is C16H12BrClN4OS. The third kappa shape index (κ3) is 4.59. The quantitative estimate of drug-likeness (QED) is 0.588. The highest BCUT2D eigenvalue weighted by Gasteiger charge is 2.09. The van der Waals surface area contributed by atoms with Gasteiger partial charge in [0.25, 0.3) is 0 Å². The van der Waals surface area contributed by atoms with E-state index in [9.17, 15) is 4.79 Å². The van der Waals surface area contributed by atoms with Crippen molar-refractivity contribution in [1.82, 2.24) is 15.2 Å². The number of hydrogen-bond acceptors (Lipinski definition) is 4. The van der Waals surface area contributed by atoms with E-state index in [-0.39, 0.29) is 11.7 Å². The Kier molecular flexibility index (Phi) is 5.55. The van der Waals surface area contributed by atoms with Gasteiger partial charge in [-0.1, -0.05) is 39.3 Å². The Morgan fingerprint density at radius 1 is 1.17 bits per heavy atom. The number of hydrogen-bond donors (Lipinski definition) is 2. The molecule has 0 bridgehead atoms. The van der Waals surface area contributed by atoms with Crippen LogP contribution in [0.15, 0.2) is 58.2 Å². The van der Waals surface area contributed by atoms with Crippen molar-refractivity contribution in [3.05, 3.63) is 58.0 Å². The normalized spacial score (nSPS) is 10.6. The number of nitrogens with zero attached hydrogens (tertiary/aromatic N) is 2. The lowest BCUT2D eigenvalue weighted by Crippen LogP contribution is -2.13. The van der Waals surface area contributed by atoms with Crippen molar-refractivity contribution in [2.24, 2.45) is 0 Å². The van der Waals surface area contributed by atoms with Gasteiger partial charge in [-0.15, -0.1) is 5.10 Å². The van der Waals surface area contributed by atoms with Crippen LogP contribution >= 0.6 is 39.3 Å². The number of carbonyl (C=O) groups is 1. The fraction of sp³-hybridized carbons (Fsp3) is 0.0625. The van der Waals surface area contributed by atoms with Crippen molar-refractivity contribution in [1.29, 1.82) is 0 Å². The number of nitrogens with one attached hydrogen (secondary N) is 2. The lowest BCUT2D eigenvalue weighted by molar-refractivity contribution is -0.113. The summed E-state index contributed by atoms with van der Waals surface area (Å²) in [6.07, 6.45) is 0. The van der Waals surface area contributed by atoms with E-state index in [1.165, 1.54) is 11.8 Å². The molecular weight excluding hydrogens is 412 g/mol. The molecule has 1 aromatic heterocycles. The highest BCUT2D eigenvalue weighted by Crippen LogP contribution is 2.21. The molecule has 122 valence electrons. The zero-order valence-electron chi connectivity index (χ0n) is 12.3. The van der Waals surface area contributed by atoms with E-state index in [0.717, 1.165) is 15.7 Å². The Morgan fingerprint density at radius 3 is 2.58 bits per heavy atom. The van der Waals surface area contributed by atoms with Gasteiger partial charge in [0.1, 0.15) is 0 Å². The standard InChI is InChI=1S/C16H12BrClN4OS/c17-11-3-7-13(8-4-11)19-14(23)9-24-16-20-15(21-22-16)10-1-5-12(18)6-2-10/h1-8H,9H2,(H,19,23)(H,20,21,22). The molecule has 0 radical (unpaired) electrons. The minimum absolute atomic E-state index is 0.111. The highest BCUT2D eigenvalue weighted by atomic mass is 79.9. The topological polar surface area (TPSA) is 70.7 Å². The van der Waals surface area contributed by atoms with Gasteiger partial charge < -0.3 is 5.32 Å². The van der Waals surface area contributed by atoms with Crippen LogP contribution in [-0.2, 0) is 4.79 Å². The summed E-state index contributed by atoms with van der Waals surface area (Å²) in [6.45, 7) is 0. The van der Waals surface area contributed by atoms with Crippen LogP contribution in [0.2, 0.25) is 5.02 Å². The van der Waals surface area contributed by atoms with Crippen LogP contribution in [0.3, 0.4) is 0 Å². The zero-order valence-corrected chi connectivity index (χ0v) is 15.5. The van der Waals surface area contributed by atoms with E-state index in [0.29, 0.717) is 16.0 Å². The average molecular weight is 424 g/mol. The SMILES string of the molecule is O=C(CSc1n[nH]c(-c2ccc(Cl)cc2)n1)Nc1ccc(Br)cc1. The Balaban J connectivity index is 1.56. The number of aromatic amines is 1. The minimum Gasteiger partial charge on any atom is -0.325 e. The largest absolute Gasteiger partial charge is 0.325 e. The van der Waals surface area contributed by atoms with Crippen LogP contribution < -0.4 is 5.32 Å². The van der Waals surface area contributed by atoms with Crippen LogP contribution in [-0.4, -0.2) is 26.8 Å². The number of aromatic nitrogens is 3. The van der Waals surface area contributed by atoms with Crippen LogP contribution in [0.5, 0.6) is 0 Å². The molecule has 1 heterocycles. The maximum atomic E-state index is 12.0. The monoisotopic (exact) mass is 422 g/mol. The van der Waals surface area contributed by atoms with Gasteiger partial charge in [-0.3, -0.25) is 9.89 Å². The Morgan fingerprint density at radius 2 is 1.88 bits per heavy atom. The molecule has 0 fully saturated rings. The van der Waals surface area contributed by atoms with Gasteiger partial charge in [0.2, 0.25) is 11.1 Å². The summed E-state index contributed by atoms with van der Waals surface area (Å²) in [5.41, 5.74) is 1.64. The Bertz CT molecular complexity index is 836. The van der Waals surface area contributed by atoms with Crippen LogP contribution in [0.25, 0.3) is 11.4 Å². The number of carbonyl (C=O) groups excluding carboxylic acids is 1. The molecule has 0 aliphatic rings. The van der Waals surface area contributed by atoms with Gasteiger partial charge in [0, 0.05) is 20.7 Å². The number of thioether (sulfide) groups is 1. The number of benzene rings is 2. The molecule has 2 N–H and O–H groups in total. The molecule has 0 saturated heterocycles. The number of anilines is 1. The smallest absolute Gasteiger partial charge is 0.234 e. The summed E-state index contributed by atoms with van der Waals surface area (Å²) in [7, 11) is 0. The van der Waals surface area contributed by atoms with Crippen LogP contribution in [0, 0.1) is 0 Å². The number of halogens is 2. The molecule has 0 saturated carbocycles. The fourth-order valence-electron chi connectivity index (χ4n) is 1.91. The second-order valence-electron chi connectivity index (χ2n) is 4.82. The molecule has 0 atom stereocenters. The van der Waals surface area contributed by atoms with Crippen molar-refractivity contribution in [3.8, 4) is 11.4 Å². The molecule has 5 nitrogen and oxygen atoms in total. The molecule has 2 aromatic carbocycles. The second-order valence-corrected chi connectivity index (χ2v) is 7.11. The maximum Gasteiger partial charge on any atom is 0.234 e. The van der Waals surface area contributed by atoms with Crippen molar-refractivity contribution in [2.75, 3.05) is 11.1 Å². The molecule has 8 heteroatoms. The van der Waals surface area contributed by atoms with Gasteiger partial charge >= 0.3 is 0 Å². The van der Waals surface area contributed by atoms with Crippen LogP contribution in [0.1, 0.15) is 0 Å². The molecule has 1 amide bonds. The summed E-state index contributed by atoms with van der Waals surface area (Å²) in [5.74, 6) is 0.760. The van der Waals surface area contributed by atoms with Crippen LogP contribution in [0.4, 0.5) is 5.69 Å². The predicted molar refractivity (Wildman–Crippen MR) is 100 cm³/mol. The van der Waals surface area contributed by atoms with Gasteiger partial charge in [0.15, 0.2) is 5.82 Å². The first-order valence-electron chi connectivity index (χ1n) is 6.97. The van der Waals surface area contributed by atoms with Crippen molar-refractivity contribution in [3.63, 3.8) is 0 Å². The highest BCUT2D eigenvalue weighted by molar-refractivity contribution is 9.10. The average Bonchev–Trinajstić information content (AvgIpc) is 3.05. The molecule has 0 aliphatic carbocycles. The lowest BCUT2D eigenvalue weighted by atomic mass is 10.2. The lowest BCUT2D eigenvalue weighted by Gasteiger charge is -2.03. The maximum absolute atomic E-state index is 12.0. The van der Waals surface area contributed by atoms with E-state index < -0.39 is 0 Å². The summed E-state index contributed by atoms with van der Waals surface area (Å²) < 4.78 is 0.963. The van der Waals surface area contributed by atoms with E-state index in [4.69, 9.17) is 11.6 Å². The van der Waals surface area contributed by atoms with Gasteiger partial charge in [-0.05, 0) is 48.5 Å². The summed E-state index contributed by atoms with van der Waals surface area (Å²) in [6, 6.07) is 14.7. The summed E-state index contributed by atoms with van der Waals surface area (Å²) in [4.78, 5) is 16.3. The first-order valence-corrected chi connectivity index (χ1v) is 9.12. The van der Waals surface area contributed by atoms with E-state index in [1.807, 2.05) is 36.4 Å². The van der Waals surface area contributed by atoms with Crippen molar-refractivity contribution in [2.45, 2.75) is 5.16 Å². The number of rotatable bonds is 5. The summed E-state index contributed by atoms with van der Waals surface area (Å²) in [5, 5.41) is 11.0. The minimum atomic E-state index is -0.111. The predicted octanol–water partition coefficient (Wildman–Crippen LogP) is 4.62. The molecule has 24 heavy (non-hydrogen) atoms. The van der Waals surface area contributed by atoms with E-state index in [2.05, 4.69) is 36.4 Å². The van der Waals surface area contributed by atoms with Crippen molar-refractivity contribution < 1.29 is 4.79 Å². The third-order valence-electron chi connectivity index (χ3n) is 3.04. The summed E-state index contributed by atoms with van der Waals surface area (Å²) >= 11 is 10.5. The van der Waals surface area contributed by atoms with E-state index >= 15 is 0 Å². The molecule has 0 spiro atoms.